The zero-order valence-corrected chi connectivity index (χ0v) is 13.3. The molecule has 0 aromatic carbocycles. The number of aromatic amines is 1. The van der Waals surface area contributed by atoms with Crippen LogP contribution >= 0.6 is 0 Å². The third kappa shape index (κ3) is 2.45. The van der Waals surface area contributed by atoms with Crippen molar-refractivity contribution in [2.75, 3.05) is 31.2 Å². The van der Waals surface area contributed by atoms with E-state index in [4.69, 9.17) is 14.7 Å². The maximum absolute atomic E-state index is 5.45. The first-order valence-corrected chi connectivity index (χ1v) is 7.83. The minimum absolute atomic E-state index is 0.729. The minimum atomic E-state index is 0.729. The van der Waals surface area contributed by atoms with E-state index in [0.717, 1.165) is 65.7 Å². The number of ether oxygens (including phenoxy) is 1. The first-order valence-electron chi connectivity index (χ1n) is 7.83. The Kier molecular flexibility index (Phi) is 3.46. The second kappa shape index (κ2) is 5.62. The molecule has 118 valence electrons. The fourth-order valence-corrected chi connectivity index (χ4v) is 2.98. The Labute approximate surface area is 134 Å². The summed E-state index contributed by atoms with van der Waals surface area (Å²) in [5.74, 6) is 1.73. The molecule has 0 unspecified atom stereocenters. The van der Waals surface area contributed by atoms with Crippen molar-refractivity contribution in [3.8, 4) is 11.4 Å². The van der Waals surface area contributed by atoms with E-state index in [2.05, 4.69) is 21.8 Å². The summed E-state index contributed by atoms with van der Waals surface area (Å²) in [4.78, 5) is 19.3. The molecule has 3 aromatic rings. The molecule has 0 saturated carbocycles. The molecule has 6 nitrogen and oxygen atoms in total. The Morgan fingerprint density at radius 2 is 1.96 bits per heavy atom. The van der Waals surface area contributed by atoms with Gasteiger partial charge in [0.1, 0.15) is 5.82 Å². The van der Waals surface area contributed by atoms with Gasteiger partial charge in [-0.05, 0) is 19.9 Å². The maximum atomic E-state index is 5.45. The lowest BCUT2D eigenvalue weighted by Gasteiger charge is -2.29. The highest BCUT2D eigenvalue weighted by atomic mass is 16.5. The smallest absolute Gasteiger partial charge is 0.164 e. The second-order valence-corrected chi connectivity index (χ2v) is 5.81. The molecule has 0 atom stereocenters. The number of hydrogen-bond acceptors (Lipinski definition) is 5. The quantitative estimate of drug-likeness (QED) is 0.787. The molecule has 0 aliphatic carbocycles. The van der Waals surface area contributed by atoms with E-state index in [0.29, 0.717) is 0 Å². The zero-order chi connectivity index (χ0) is 15.8. The molecule has 0 bridgehead atoms. The molecule has 1 saturated heterocycles. The van der Waals surface area contributed by atoms with Gasteiger partial charge in [-0.2, -0.15) is 0 Å². The van der Waals surface area contributed by atoms with Crippen LogP contribution in [0.3, 0.4) is 0 Å². The van der Waals surface area contributed by atoms with Crippen LogP contribution in [0.2, 0.25) is 0 Å². The molecule has 3 aromatic heterocycles. The summed E-state index contributed by atoms with van der Waals surface area (Å²) in [5, 5.41) is 1.09. The van der Waals surface area contributed by atoms with Crippen molar-refractivity contribution in [3.63, 3.8) is 0 Å². The van der Waals surface area contributed by atoms with Gasteiger partial charge in [-0.3, -0.25) is 4.98 Å². The first kappa shape index (κ1) is 14.1. The van der Waals surface area contributed by atoms with E-state index in [-0.39, 0.29) is 0 Å². The minimum Gasteiger partial charge on any atom is -0.378 e. The van der Waals surface area contributed by atoms with Crippen molar-refractivity contribution in [3.05, 3.63) is 35.9 Å². The summed E-state index contributed by atoms with van der Waals surface area (Å²) < 4.78 is 5.45. The van der Waals surface area contributed by atoms with E-state index in [1.165, 1.54) is 0 Å². The highest BCUT2D eigenvalue weighted by Crippen LogP contribution is 2.28. The number of aromatic nitrogens is 4. The number of rotatable bonds is 2. The summed E-state index contributed by atoms with van der Waals surface area (Å²) >= 11 is 0. The van der Waals surface area contributed by atoms with Crippen molar-refractivity contribution in [2.45, 2.75) is 13.8 Å². The van der Waals surface area contributed by atoms with Crippen LogP contribution in [0.25, 0.3) is 22.3 Å². The SMILES string of the molecule is Cc1nc(-c2cncc3[nH]ccc23)nc(N2CCOCC2)c1C. The number of fused-ring (bicyclic) bond motifs is 1. The highest BCUT2D eigenvalue weighted by molar-refractivity contribution is 5.92. The average Bonchev–Trinajstić information content (AvgIpc) is 3.06. The van der Waals surface area contributed by atoms with Gasteiger partial charge in [-0.1, -0.05) is 0 Å². The van der Waals surface area contributed by atoms with Crippen molar-refractivity contribution in [1.82, 2.24) is 19.9 Å². The Bertz CT molecular complexity index is 851. The number of pyridine rings is 1. The third-order valence-electron chi connectivity index (χ3n) is 4.39. The lowest BCUT2D eigenvalue weighted by atomic mass is 10.1. The Morgan fingerprint density at radius 3 is 2.78 bits per heavy atom. The number of morpholine rings is 1. The maximum Gasteiger partial charge on any atom is 0.164 e. The number of anilines is 1. The lowest BCUT2D eigenvalue weighted by molar-refractivity contribution is 0.122. The van der Waals surface area contributed by atoms with Crippen LogP contribution in [0.5, 0.6) is 0 Å². The summed E-state index contributed by atoms with van der Waals surface area (Å²) in [6.45, 7) is 7.33. The van der Waals surface area contributed by atoms with Gasteiger partial charge in [-0.25, -0.2) is 9.97 Å². The zero-order valence-electron chi connectivity index (χ0n) is 13.3. The second-order valence-electron chi connectivity index (χ2n) is 5.81. The third-order valence-corrected chi connectivity index (χ3v) is 4.39. The number of aryl methyl sites for hydroxylation is 1. The summed E-state index contributed by atoms with van der Waals surface area (Å²) in [7, 11) is 0. The fourth-order valence-electron chi connectivity index (χ4n) is 2.98. The number of nitrogens with one attached hydrogen (secondary N) is 1. The molecule has 1 fully saturated rings. The molecule has 1 aliphatic heterocycles. The van der Waals surface area contributed by atoms with Crippen LogP contribution in [0.4, 0.5) is 5.82 Å². The van der Waals surface area contributed by atoms with E-state index >= 15 is 0 Å². The van der Waals surface area contributed by atoms with Gasteiger partial charge < -0.3 is 14.6 Å². The van der Waals surface area contributed by atoms with Crippen LogP contribution in [0.15, 0.2) is 24.7 Å². The summed E-state index contributed by atoms with van der Waals surface area (Å²) in [6.07, 6.45) is 5.58. The molecular weight excluding hydrogens is 290 g/mol. The van der Waals surface area contributed by atoms with Crippen molar-refractivity contribution >= 4 is 16.7 Å². The van der Waals surface area contributed by atoms with Crippen LogP contribution in [-0.2, 0) is 4.74 Å². The molecule has 0 amide bonds. The largest absolute Gasteiger partial charge is 0.378 e. The van der Waals surface area contributed by atoms with Gasteiger partial charge in [0.2, 0.25) is 0 Å². The van der Waals surface area contributed by atoms with Crippen molar-refractivity contribution in [2.24, 2.45) is 0 Å². The average molecular weight is 309 g/mol. The van der Waals surface area contributed by atoms with E-state index in [1.807, 2.05) is 31.6 Å². The predicted octanol–water partition coefficient (Wildman–Crippen LogP) is 2.47. The normalized spacial score (nSPS) is 15.3. The van der Waals surface area contributed by atoms with Gasteiger partial charge in [0.05, 0.1) is 24.9 Å². The molecule has 23 heavy (non-hydrogen) atoms. The Morgan fingerprint density at radius 1 is 1.13 bits per heavy atom. The van der Waals surface area contributed by atoms with Crippen LogP contribution in [0, 0.1) is 13.8 Å². The molecule has 0 radical (unpaired) electrons. The molecule has 4 rings (SSSR count). The highest BCUT2D eigenvalue weighted by Gasteiger charge is 2.19. The van der Waals surface area contributed by atoms with Crippen LogP contribution in [-0.4, -0.2) is 46.2 Å². The molecule has 1 aliphatic rings. The number of nitrogens with zero attached hydrogens (tertiary/aromatic N) is 4. The van der Waals surface area contributed by atoms with Gasteiger partial charge in [0.15, 0.2) is 5.82 Å². The summed E-state index contributed by atoms with van der Waals surface area (Å²) in [5.41, 5.74) is 4.09. The first-order chi connectivity index (χ1) is 11.2. The number of hydrogen-bond donors (Lipinski definition) is 1. The van der Waals surface area contributed by atoms with E-state index in [1.54, 1.807) is 0 Å². The molecule has 6 heteroatoms. The van der Waals surface area contributed by atoms with Gasteiger partial charge in [0, 0.05) is 47.7 Å². The molecule has 1 N–H and O–H groups in total. The van der Waals surface area contributed by atoms with Gasteiger partial charge in [0.25, 0.3) is 0 Å². The summed E-state index contributed by atoms with van der Waals surface area (Å²) in [6, 6.07) is 2.04. The molecular formula is C17H19N5O. The number of H-pyrrole nitrogens is 1. The molecule has 4 heterocycles. The lowest BCUT2D eigenvalue weighted by Crippen LogP contribution is -2.37. The van der Waals surface area contributed by atoms with Crippen LogP contribution < -0.4 is 4.90 Å². The standard InChI is InChI=1S/C17H19N5O/c1-11-12(2)20-16(21-17(11)22-5-7-23-8-6-22)14-9-18-10-15-13(14)3-4-19-15/h3-4,9-10,19H,5-8H2,1-2H3. The Balaban J connectivity index is 1.86. The Hall–Kier alpha value is -2.47. The van der Waals surface area contributed by atoms with Crippen molar-refractivity contribution < 1.29 is 4.74 Å². The van der Waals surface area contributed by atoms with E-state index in [9.17, 15) is 0 Å². The monoisotopic (exact) mass is 309 g/mol. The van der Waals surface area contributed by atoms with Crippen LogP contribution in [0.1, 0.15) is 11.3 Å². The predicted molar refractivity (Wildman–Crippen MR) is 89.6 cm³/mol. The van der Waals surface area contributed by atoms with Gasteiger partial charge >= 0.3 is 0 Å². The van der Waals surface area contributed by atoms with Gasteiger partial charge in [-0.15, -0.1) is 0 Å². The fraction of sp³-hybridized carbons (Fsp3) is 0.353. The van der Waals surface area contributed by atoms with Crippen molar-refractivity contribution in [1.29, 1.82) is 0 Å². The topological polar surface area (TPSA) is 66.9 Å². The molecule has 0 spiro atoms. The van der Waals surface area contributed by atoms with E-state index < -0.39 is 0 Å².